The standard InChI is InChI=1S/C14H18ClN3O3/c1-16(2)9-10-5-4-8-17(10)14(19)11-6-3-7-12(15)13(11)18(20)21/h3,6-7,10H,4-5,8-9H2,1-2H3. The van der Waals surface area contributed by atoms with Gasteiger partial charge in [0, 0.05) is 19.1 Å². The van der Waals surface area contributed by atoms with E-state index in [9.17, 15) is 14.9 Å². The van der Waals surface area contributed by atoms with Crippen LogP contribution < -0.4 is 0 Å². The highest BCUT2D eigenvalue weighted by Gasteiger charge is 2.33. The van der Waals surface area contributed by atoms with Crippen molar-refractivity contribution in [2.75, 3.05) is 27.2 Å². The van der Waals surface area contributed by atoms with E-state index in [0.29, 0.717) is 6.54 Å². The molecule has 1 aromatic carbocycles. The first-order chi connectivity index (χ1) is 9.91. The molecule has 6 nitrogen and oxygen atoms in total. The van der Waals surface area contributed by atoms with Crippen LogP contribution >= 0.6 is 11.6 Å². The van der Waals surface area contributed by atoms with Crippen LogP contribution in [0.15, 0.2) is 18.2 Å². The minimum absolute atomic E-state index is 0.00536. The number of benzene rings is 1. The van der Waals surface area contributed by atoms with Crippen LogP contribution in [-0.2, 0) is 0 Å². The van der Waals surface area contributed by atoms with Crippen molar-refractivity contribution in [2.45, 2.75) is 18.9 Å². The molecule has 1 aromatic rings. The lowest BCUT2D eigenvalue weighted by Crippen LogP contribution is -2.41. The molecule has 0 bridgehead atoms. The van der Waals surface area contributed by atoms with Crippen molar-refractivity contribution in [3.63, 3.8) is 0 Å². The van der Waals surface area contributed by atoms with Gasteiger partial charge in [-0.25, -0.2) is 0 Å². The predicted octanol–water partition coefficient (Wildman–Crippen LogP) is 2.41. The smallest absolute Gasteiger partial charge is 0.300 e. The zero-order valence-electron chi connectivity index (χ0n) is 12.1. The number of halogens is 1. The molecule has 0 aromatic heterocycles. The Kier molecular flexibility index (Phi) is 4.80. The number of likely N-dealkylation sites (tertiary alicyclic amines) is 1. The van der Waals surface area contributed by atoms with Gasteiger partial charge in [0.2, 0.25) is 0 Å². The average Bonchev–Trinajstić information content (AvgIpc) is 2.84. The molecule has 2 rings (SSSR count). The number of nitro benzene ring substituents is 1. The first-order valence-electron chi connectivity index (χ1n) is 6.80. The minimum Gasteiger partial charge on any atom is -0.334 e. The molecule has 1 atom stereocenters. The minimum atomic E-state index is -0.591. The van der Waals surface area contributed by atoms with E-state index in [0.717, 1.165) is 19.4 Å². The lowest BCUT2D eigenvalue weighted by atomic mass is 10.1. The van der Waals surface area contributed by atoms with Crippen LogP contribution in [0.2, 0.25) is 5.02 Å². The van der Waals surface area contributed by atoms with Crippen molar-refractivity contribution in [1.29, 1.82) is 0 Å². The van der Waals surface area contributed by atoms with Crippen molar-refractivity contribution >= 4 is 23.2 Å². The maximum atomic E-state index is 12.7. The molecule has 7 heteroatoms. The zero-order valence-corrected chi connectivity index (χ0v) is 12.8. The van der Waals surface area contributed by atoms with E-state index in [1.54, 1.807) is 11.0 Å². The van der Waals surface area contributed by atoms with Gasteiger partial charge in [-0.1, -0.05) is 17.7 Å². The van der Waals surface area contributed by atoms with Gasteiger partial charge in [0.05, 0.1) is 4.92 Å². The molecule has 1 aliphatic rings. The van der Waals surface area contributed by atoms with Crippen molar-refractivity contribution in [3.05, 3.63) is 38.9 Å². The first kappa shape index (κ1) is 15.7. The summed E-state index contributed by atoms with van der Waals surface area (Å²) < 4.78 is 0. The quantitative estimate of drug-likeness (QED) is 0.632. The Morgan fingerprint density at radius 3 is 2.86 bits per heavy atom. The fourth-order valence-electron chi connectivity index (χ4n) is 2.74. The number of hydrogen-bond donors (Lipinski definition) is 0. The molecule has 21 heavy (non-hydrogen) atoms. The van der Waals surface area contributed by atoms with E-state index in [-0.39, 0.29) is 28.2 Å². The maximum absolute atomic E-state index is 12.7. The molecular weight excluding hydrogens is 294 g/mol. The van der Waals surface area contributed by atoms with Gasteiger partial charge in [0.25, 0.3) is 5.91 Å². The number of nitrogens with zero attached hydrogens (tertiary/aromatic N) is 3. The third-order valence-corrected chi connectivity index (χ3v) is 3.92. The maximum Gasteiger partial charge on any atom is 0.300 e. The van der Waals surface area contributed by atoms with E-state index in [1.165, 1.54) is 12.1 Å². The van der Waals surface area contributed by atoms with E-state index in [2.05, 4.69) is 0 Å². The topological polar surface area (TPSA) is 66.7 Å². The Morgan fingerprint density at radius 1 is 1.52 bits per heavy atom. The van der Waals surface area contributed by atoms with E-state index >= 15 is 0 Å². The van der Waals surface area contributed by atoms with Gasteiger partial charge >= 0.3 is 5.69 Å². The van der Waals surface area contributed by atoms with Crippen molar-refractivity contribution < 1.29 is 9.72 Å². The summed E-state index contributed by atoms with van der Waals surface area (Å²) in [6.07, 6.45) is 1.83. The third kappa shape index (κ3) is 3.33. The molecular formula is C14H18ClN3O3. The number of amides is 1. The average molecular weight is 312 g/mol. The molecule has 0 spiro atoms. The Morgan fingerprint density at radius 2 is 2.24 bits per heavy atom. The normalized spacial score (nSPS) is 18.3. The summed E-state index contributed by atoms with van der Waals surface area (Å²) in [5, 5.41) is 11.2. The van der Waals surface area contributed by atoms with Crippen molar-refractivity contribution in [3.8, 4) is 0 Å². The van der Waals surface area contributed by atoms with Crippen LogP contribution in [-0.4, -0.2) is 53.9 Å². The number of rotatable bonds is 4. The highest BCUT2D eigenvalue weighted by atomic mass is 35.5. The Balaban J connectivity index is 2.32. The summed E-state index contributed by atoms with van der Waals surface area (Å²) in [6, 6.07) is 4.56. The summed E-state index contributed by atoms with van der Waals surface area (Å²) >= 11 is 5.88. The van der Waals surface area contributed by atoms with Crippen LogP contribution in [0.4, 0.5) is 5.69 Å². The molecule has 0 N–H and O–H groups in total. The van der Waals surface area contributed by atoms with Gasteiger partial charge < -0.3 is 9.80 Å². The van der Waals surface area contributed by atoms with Gasteiger partial charge in [-0.2, -0.15) is 0 Å². The Labute approximate surface area is 128 Å². The summed E-state index contributed by atoms with van der Waals surface area (Å²) in [7, 11) is 3.89. The van der Waals surface area contributed by atoms with Gasteiger partial charge in [-0.05, 0) is 39.1 Å². The number of carbonyl (C=O) groups is 1. The molecule has 1 heterocycles. The second-order valence-corrected chi connectivity index (χ2v) is 5.86. The van der Waals surface area contributed by atoms with Crippen molar-refractivity contribution in [2.24, 2.45) is 0 Å². The number of nitro groups is 1. The van der Waals surface area contributed by atoms with E-state index in [1.807, 2.05) is 19.0 Å². The molecule has 1 aliphatic heterocycles. The molecule has 0 radical (unpaired) electrons. The van der Waals surface area contributed by atoms with Gasteiger partial charge in [0.15, 0.2) is 0 Å². The second kappa shape index (κ2) is 6.41. The highest BCUT2D eigenvalue weighted by molar-refractivity contribution is 6.33. The number of carbonyl (C=O) groups excluding carboxylic acids is 1. The Bertz CT molecular complexity index is 562. The molecule has 1 saturated heterocycles. The van der Waals surface area contributed by atoms with Crippen LogP contribution in [0.25, 0.3) is 0 Å². The summed E-state index contributed by atoms with van der Waals surface area (Å²) in [5.41, 5.74) is -0.238. The molecule has 0 saturated carbocycles. The molecule has 114 valence electrons. The molecule has 1 unspecified atom stereocenters. The van der Waals surface area contributed by atoms with Crippen LogP contribution in [0.1, 0.15) is 23.2 Å². The molecule has 0 aliphatic carbocycles. The first-order valence-corrected chi connectivity index (χ1v) is 7.18. The summed E-state index contributed by atoms with van der Waals surface area (Å²) in [4.78, 5) is 27.0. The summed E-state index contributed by atoms with van der Waals surface area (Å²) in [6.45, 7) is 1.38. The predicted molar refractivity (Wildman–Crippen MR) is 80.7 cm³/mol. The van der Waals surface area contributed by atoms with Crippen LogP contribution in [0, 0.1) is 10.1 Å². The number of hydrogen-bond acceptors (Lipinski definition) is 4. The Hall–Kier alpha value is -1.66. The fourth-order valence-corrected chi connectivity index (χ4v) is 2.99. The lowest BCUT2D eigenvalue weighted by molar-refractivity contribution is -0.385. The fraction of sp³-hybridized carbons (Fsp3) is 0.500. The largest absolute Gasteiger partial charge is 0.334 e. The number of para-hydroxylation sites is 1. The van der Waals surface area contributed by atoms with Crippen LogP contribution in [0.3, 0.4) is 0 Å². The summed E-state index contributed by atoms with van der Waals surface area (Å²) in [5.74, 6) is -0.312. The molecule has 1 amide bonds. The van der Waals surface area contributed by atoms with Gasteiger partial charge in [0.1, 0.15) is 10.6 Å². The van der Waals surface area contributed by atoms with E-state index in [4.69, 9.17) is 11.6 Å². The zero-order chi connectivity index (χ0) is 15.6. The van der Waals surface area contributed by atoms with E-state index < -0.39 is 4.92 Å². The lowest BCUT2D eigenvalue weighted by Gasteiger charge is -2.27. The van der Waals surface area contributed by atoms with Crippen LogP contribution in [0.5, 0.6) is 0 Å². The SMILES string of the molecule is CN(C)CC1CCCN1C(=O)c1cccc(Cl)c1[N+](=O)[O-]. The second-order valence-electron chi connectivity index (χ2n) is 5.45. The molecule has 1 fully saturated rings. The third-order valence-electron chi connectivity index (χ3n) is 3.61. The van der Waals surface area contributed by atoms with Gasteiger partial charge in [-0.15, -0.1) is 0 Å². The number of likely N-dealkylation sites (N-methyl/N-ethyl adjacent to an activating group) is 1. The monoisotopic (exact) mass is 311 g/mol. The van der Waals surface area contributed by atoms with Gasteiger partial charge in [-0.3, -0.25) is 14.9 Å². The van der Waals surface area contributed by atoms with Crippen molar-refractivity contribution in [1.82, 2.24) is 9.80 Å². The highest BCUT2D eigenvalue weighted by Crippen LogP contribution is 2.31.